The Labute approximate surface area is 155 Å². The molecule has 3 rings (SSSR count). The standard InChI is InChI=1S/C20H27N5O/c1-2-3-4-13-21-19-12-11-18(23-24-19)20(26)22-16-7-9-17(10-8-16)25-14-5-6-15-25/h7-12H,2-6,13-15H2,1H3,(H,21,24)(H,22,26). The molecule has 0 spiro atoms. The van der Waals surface area contributed by atoms with Crippen molar-refractivity contribution in [3.8, 4) is 0 Å². The number of rotatable bonds is 8. The zero-order chi connectivity index (χ0) is 18.2. The van der Waals surface area contributed by atoms with Crippen molar-refractivity contribution in [2.24, 2.45) is 0 Å². The van der Waals surface area contributed by atoms with Gasteiger partial charge in [0.25, 0.3) is 5.91 Å². The number of anilines is 3. The summed E-state index contributed by atoms with van der Waals surface area (Å²) < 4.78 is 0. The van der Waals surface area contributed by atoms with Gasteiger partial charge in [-0.3, -0.25) is 4.79 Å². The fourth-order valence-corrected chi connectivity index (χ4v) is 3.07. The van der Waals surface area contributed by atoms with Crippen molar-refractivity contribution in [2.75, 3.05) is 35.2 Å². The lowest BCUT2D eigenvalue weighted by Gasteiger charge is -2.17. The number of benzene rings is 1. The first kappa shape index (κ1) is 18.2. The van der Waals surface area contributed by atoms with E-state index in [1.165, 1.54) is 31.4 Å². The number of amides is 1. The molecule has 0 radical (unpaired) electrons. The zero-order valence-electron chi connectivity index (χ0n) is 15.4. The minimum Gasteiger partial charge on any atom is -0.372 e. The summed E-state index contributed by atoms with van der Waals surface area (Å²) in [5.41, 5.74) is 2.29. The number of carbonyl (C=O) groups excluding carboxylic acids is 1. The Kier molecular flexibility index (Phi) is 6.41. The van der Waals surface area contributed by atoms with Crippen molar-refractivity contribution < 1.29 is 4.79 Å². The molecule has 0 bridgehead atoms. The Morgan fingerprint density at radius 3 is 2.46 bits per heavy atom. The van der Waals surface area contributed by atoms with Gasteiger partial charge in [-0.25, -0.2) is 0 Å². The van der Waals surface area contributed by atoms with Crippen LogP contribution in [0.1, 0.15) is 49.5 Å². The van der Waals surface area contributed by atoms with E-state index in [0.717, 1.165) is 31.7 Å². The highest BCUT2D eigenvalue weighted by Crippen LogP contribution is 2.22. The van der Waals surface area contributed by atoms with Gasteiger partial charge in [-0.15, -0.1) is 10.2 Å². The number of unbranched alkanes of at least 4 members (excludes halogenated alkanes) is 2. The summed E-state index contributed by atoms with van der Waals surface area (Å²) in [5.74, 6) is 0.455. The summed E-state index contributed by atoms with van der Waals surface area (Å²) in [5, 5.41) is 14.2. The summed E-state index contributed by atoms with van der Waals surface area (Å²) in [7, 11) is 0. The molecule has 0 aliphatic carbocycles. The van der Waals surface area contributed by atoms with Gasteiger partial charge in [0.1, 0.15) is 5.82 Å². The largest absolute Gasteiger partial charge is 0.372 e. The van der Waals surface area contributed by atoms with Crippen molar-refractivity contribution in [2.45, 2.75) is 39.0 Å². The smallest absolute Gasteiger partial charge is 0.276 e. The highest BCUT2D eigenvalue weighted by atomic mass is 16.1. The van der Waals surface area contributed by atoms with Crippen molar-refractivity contribution in [3.63, 3.8) is 0 Å². The van der Waals surface area contributed by atoms with Gasteiger partial charge < -0.3 is 15.5 Å². The Morgan fingerprint density at radius 1 is 1.04 bits per heavy atom. The van der Waals surface area contributed by atoms with Crippen molar-refractivity contribution in [1.29, 1.82) is 0 Å². The summed E-state index contributed by atoms with van der Waals surface area (Å²) >= 11 is 0. The van der Waals surface area contributed by atoms with E-state index in [-0.39, 0.29) is 5.91 Å². The molecule has 1 amide bonds. The molecule has 6 nitrogen and oxygen atoms in total. The second-order valence-electron chi connectivity index (χ2n) is 6.63. The average molecular weight is 353 g/mol. The zero-order valence-corrected chi connectivity index (χ0v) is 15.4. The van der Waals surface area contributed by atoms with E-state index in [4.69, 9.17) is 0 Å². The maximum atomic E-state index is 12.3. The molecule has 2 N–H and O–H groups in total. The SMILES string of the molecule is CCCCCNc1ccc(C(=O)Nc2ccc(N3CCCC3)cc2)nn1. The van der Waals surface area contributed by atoms with Crippen LogP contribution in [0.4, 0.5) is 17.2 Å². The molecule has 1 saturated heterocycles. The van der Waals surface area contributed by atoms with Crippen LogP contribution in [-0.4, -0.2) is 35.7 Å². The number of nitrogens with one attached hydrogen (secondary N) is 2. The summed E-state index contributed by atoms with van der Waals surface area (Å²) in [4.78, 5) is 14.7. The second-order valence-corrected chi connectivity index (χ2v) is 6.63. The number of hydrogen-bond acceptors (Lipinski definition) is 5. The summed E-state index contributed by atoms with van der Waals surface area (Å²) in [6, 6.07) is 11.5. The third kappa shape index (κ3) is 4.94. The van der Waals surface area contributed by atoms with Gasteiger partial charge in [-0.2, -0.15) is 0 Å². The van der Waals surface area contributed by atoms with Gasteiger partial charge in [-0.05, 0) is 55.7 Å². The van der Waals surface area contributed by atoms with Crippen molar-refractivity contribution >= 4 is 23.1 Å². The first-order chi connectivity index (χ1) is 12.8. The Balaban J connectivity index is 1.52. The molecule has 0 atom stereocenters. The normalized spacial score (nSPS) is 13.7. The van der Waals surface area contributed by atoms with Gasteiger partial charge in [-0.1, -0.05) is 19.8 Å². The van der Waals surface area contributed by atoms with Crippen LogP contribution >= 0.6 is 0 Å². The Morgan fingerprint density at radius 2 is 1.81 bits per heavy atom. The van der Waals surface area contributed by atoms with Crippen LogP contribution in [0.15, 0.2) is 36.4 Å². The minimum absolute atomic E-state index is 0.246. The van der Waals surface area contributed by atoms with Crippen LogP contribution < -0.4 is 15.5 Å². The minimum atomic E-state index is -0.246. The maximum absolute atomic E-state index is 12.3. The molecule has 26 heavy (non-hydrogen) atoms. The lowest BCUT2D eigenvalue weighted by molar-refractivity contribution is 0.102. The molecule has 1 aliphatic rings. The van der Waals surface area contributed by atoms with Crippen molar-refractivity contribution in [3.05, 3.63) is 42.1 Å². The molecule has 1 aromatic carbocycles. The molecule has 2 aromatic rings. The maximum Gasteiger partial charge on any atom is 0.276 e. The molecular formula is C20H27N5O. The molecule has 6 heteroatoms. The van der Waals surface area contributed by atoms with E-state index >= 15 is 0 Å². The number of nitrogens with zero attached hydrogens (tertiary/aromatic N) is 3. The first-order valence-electron chi connectivity index (χ1n) is 9.50. The second kappa shape index (κ2) is 9.17. The third-order valence-corrected chi connectivity index (χ3v) is 4.58. The van der Waals surface area contributed by atoms with Crippen LogP contribution in [0, 0.1) is 0 Å². The molecule has 1 aliphatic heterocycles. The summed E-state index contributed by atoms with van der Waals surface area (Å²) in [6.07, 6.45) is 5.98. The van der Waals surface area contributed by atoms with E-state index in [2.05, 4.69) is 44.8 Å². The van der Waals surface area contributed by atoms with Crippen LogP contribution in [0.2, 0.25) is 0 Å². The van der Waals surface area contributed by atoms with E-state index < -0.39 is 0 Å². The highest BCUT2D eigenvalue weighted by Gasteiger charge is 2.13. The monoisotopic (exact) mass is 353 g/mol. The van der Waals surface area contributed by atoms with E-state index in [1.807, 2.05) is 12.1 Å². The van der Waals surface area contributed by atoms with E-state index in [1.54, 1.807) is 12.1 Å². The first-order valence-corrected chi connectivity index (χ1v) is 9.50. The lowest BCUT2D eigenvalue weighted by Crippen LogP contribution is -2.18. The third-order valence-electron chi connectivity index (χ3n) is 4.58. The molecule has 138 valence electrons. The number of aromatic nitrogens is 2. The van der Waals surface area contributed by atoms with Gasteiger partial charge in [0.2, 0.25) is 0 Å². The fraction of sp³-hybridized carbons (Fsp3) is 0.450. The van der Waals surface area contributed by atoms with E-state index in [0.29, 0.717) is 11.5 Å². The topological polar surface area (TPSA) is 70.2 Å². The van der Waals surface area contributed by atoms with Gasteiger partial charge in [0.15, 0.2) is 5.69 Å². The predicted octanol–water partition coefficient (Wildman–Crippen LogP) is 3.93. The van der Waals surface area contributed by atoms with Gasteiger partial charge >= 0.3 is 0 Å². The number of hydrogen-bond donors (Lipinski definition) is 2. The average Bonchev–Trinajstić information content (AvgIpc) is 3.21. The quantitative estimate of drug-likeness (QED) is 0.704. The molecule has 1 fully saturated rings. The van der Waals surface area contributed by atoms with Gasteiger partial charge in [0, 0.05) is 31.0 Å². The molecular weight excluding hydrogens is 326 g/mol. The molecule has 0 unspecified atom stereocenters. The van der Waals surface area contributed by atoms with Gasteiger partial charge in [0.05, 0.1) is 0 Å². The lowest BCUT2D eigenvalue weighted by atomic mass is 10.2. The predicted molar refractivity (Wildman–Crippen MR) is 106 cm³/mol. The van der Waals surface area contributed by atoms with Crippen LogP contribution in [0.3, 0.4) is 0 Å². The van der Waals surface area contributed by atoms with Crippen LogP contribution in [-0.2, 0) is 0 Å². The van der Waals surface area contributed by atoms with Crippen molar-refractivity contribution in [1.82, 2.24) is 10.2 Å². The Hall–Kier alpha value is -2.63. The molecule has 0 saturated carbocycles. The number of carbonyl (C=O) groups is 1. The highest BCUT2D eigenvalue weighted by molar-refractivity contribution is 6.02. The molecule has 2 heterocycles. The fourth-order valence-electron chi connectivity index (χ4n) is 3.07. The van der Waals surface area contributed by atoms with Crippen LogP contribution in [0.5, 0.6) is 0 Å². The Bertz CT molecular complexity index is 693. The van der Waals surface area contributed by atoms with Crippen LogP contribution in [0.25, 0.3) is 0 Å². The van der Waals surface area contributed by atoms with E-state index in [9.17, 15) is 4.79 Å². The summed E-state index contributed by atoms with van der Waals surface area (Å²) in [6.45, 7) is 5.27. The molecule has 1 aromatic heterocycles.